The van der Waals surface area contributed by atoms with E-state index in [-0.39, 0.29) is 5.69 Å². The smallest absolute Gasteiger partial charge is 0.331 e. The molecule has 0 aliphatic carbocycles. The van der Waals surface area contributed by atoms with Crippen molar-refractivity contribution in [1.82, 2.24) is 0 Å². The topological polar surface area (TPSA) is 55.4 Å². The van der Waals surface area contributed by atoms with E-state index in [9.17, 15) is 14.0 Å². The quantitative estimate of drug-likeness (QED) is 0.632. The fourth-order valence-electron chi connectivity index (χ4n) is 1.73. The molecule has 0 aromatic heterocycles. The summed E-state index contributed by atoms with van der Waals surface area (Å²) < 4.78 is 18.1. The highest BCUT2D eigenvalue weighted by atomic mass is 35.5. The summed E-state index contributed by atoms with van der Waals surface area (Å²) in [7, 11) is 0. The summed E-state index contributed by atoms with van der Waals surface area (Å²) in [5.41, 5.74) is 0.593. The summed E-state index contributed by atoms with van der Waals surface area (Å²) in [6, 6.07) is 10.5. The lowest BCUT2D eigenvalue weighted by Gasteiger charge is -2.06. The van der Waals surface area contributed by atoms with E-state index in [4.69, 9.17) is 27.9 Å². The van der Waals surface area contributed by atoms with Crippen LogP contribution in [0, 0.1) is 5.82 Å². The second-order valence-corrected chi connectivity index (χ2v) is 5.48. The summed E-state index contributed by atoms with van der Waals surface area (Å²) in [6.45, 7) is -0.536. The van der Waals surface area contributed by atoms with Crippen LogP contribution in [0.3, 0.4) is 0 Å². The number of carbonyl (C=O) groups excluding carboxylic acids is 2. The molecule has 2 aromatic rings. The molecule has 0 saturated heterocycles. The molecule has 1 amide bonds. The molecule has 2 aromatic carbocycles. The average Bonchev–Trinajstić information content (AvgIpc) is 2.54. The summed E-state index contributed by atoms with van der Waals surface area (Å²) in [5.74, 6) is -1.95. The maximum atomic E-state index is 13.4. The summed E-state index contributed by atoms with van der Waals surface area (Å²) in [6.07, 6.45) is 2.57. The fraction of sp³-hybridized carbons (Fsp3) is 0.0588. The SMILES string of the molecule is O=C(COC(=O)C=Cc1ccc(Cl)cc1Cl)Nc1ccccc1F. The molecule has 0 bridgehead atoms. The van der Waals surface area contributed by atoms with Crippen LogP contribution < -0.4 is 5.32 Å². The van der Waals surface area contributed by atoms with Gasteiger partial charge >= 0.3 is 5.97 Å². The Morgan fingerprint density at radius 1 is 1.17 bits per heavy atom. The molecule has 1 N–H and O–H groups in total. The number of esters is 1. The Bertz CT molecular complexity index is 793. The number of rotatable bonds is 5. The van der Waals surface area contributed by atoms with Crippen molar-refractivity contribution in [1.29, 1.82) is 0 Å². The molecule has 24 heavy (non-hydrogen) atoms. The zero-order valence-corrected chi connectivity index (χ0v) is 13.8. The molecule has 0 aliphatic rings. The van der Waals surface area contributed by atoms with Gasteiger partial charge in [0, 0.05) is 16.1 Å². The molecule has 2 rings (SSSR count). The van der Waals surface area contributed by atoms with Gasteiger partial charge in [-0.3, -0.25) is 4.79 Å². The maximum absolute atomic E-state index is 13.4. The third-order valence-electron chi connectivity index (χ3n) is 2.85. The van der Waals surface area contributed by atoms with Gasteiger partial charge in [0.1, 0.15) is 5.82 Å². The number of hydrogen-bond donors (Lipinski definition) is 1. The third-order valence-corrected chi connectivity index (χ3v) is 3.42. The molecule has 124 valence electrons. The number of para-hydroxylation sites is 1. The molecular formula is C17H12Cl2FNO3. The van der Waals surface area contributed by atoms with Crippen molar-refractivity contribution in [3.05, 3.63) is 70.0 Å². The molecule has 7 heteroatoms. The molecule has 4 nitrogen and oxygen atoms in total. The molecule has 0 unspecified atom stereocenters. The highest BCUT2D eigenvalue weighted by Crippen LogP contribution is 2.22. The minimum atomic E-state index is -0.732. The maximum Gasteiger partial charge on any atom is 0.331 e. The van der Waals surface area contributed by atoms with Crippen LogP contribution in [-0.4, -0.2) is 18.5 Å². The van der Waals surface area contributed by atoms with Gasteiger partial charge in [-0.2, -0.15) is 0 Å². The first kappa shape index (κ1) is 18.0. The van der Waals surface area contributed by atoms with E-state index >= 15 is 0 Å². The van der Waals surface area contributed by atoms with Crippen molar-refractivity contribution >= 4 is 46.8 Å². The Hall–Kier alpha value is -2.37. The van der Waals surface area contributed by atoms with Gasteiger partial charge < -0.3 is 10.1 Å². The van der Waals surface area contributed by atoms with Crippen LogP contribution in [0.5, 0.6) is 0 Å². The lowest BCUT2D eigenvalue weighted by molar-refractivity contribution is -0.142. The predicted octanol–water partition coefficient (Wildman–Crippen LogP) is 4.33. The second-order valence-electron chi connectivity index (χ2n) is 4.63. The average molecular weight is 368 g/mol. The number of amides is 1. The van der Waals surface area contributed by atoms with Gasteiger partial charge in [-0.15, -0.1) is 0 Å². The number of anilines is 1. The van der Waals surface area contributed by atoms with Crippen LogP contribution in [0.25, 0.3) is 6.08 Å². The molecule has 0 heterocycles. The van der Waals surface area contributed by atoms with Gasteiger partial charge in [0.15, 0.2) is 6.61 Å². The van der Waals surface area contributed by atoms with Gasteiger partial charge in [0.05, 0.1) is 5.69 Å². The van der Waals surface area contributed by atoms with E-state index in [0.29, 0.717) is 15.6 Å². The number of nitrogens with one attached hydrogen (secondary N) is 1. The van der Waals surface area contributed by atoms with Crippen LogP contribution in [0.2, 0.25) is 10.0 Å². The molecule has 0 saturated carbocycles. The van der Waals surface area contributed by atoms with Crippen LogP contribution in [-0.2, 0) is 14.3 Å². The standard InChI is InChI=1S/C17H12Cl2FNO3/c18-12-7-5-11(13(19)9-12)6-8-17(23)24-10-16(22)21-15-4-2-1-3-14(15)20/h1-9H,10H2,(H,21,22). The highest BCUT2D eigenvalue weighted by molar-refractivity contribution is 6.35. The lowest BCUT2D eigenvalue weighted by atomic mass is 10.2. The first-order valence-corrected chi connectivity index (χ1v) is 7.55. The molecular weight excluding hydrogens is 356 g/mol. The van der Waals surface area contributed by atoms with Crippen molar-refractivity contribution in [2.24, 2.45) is 0 Å². The van der Waals surface area contributed by atoms with Gasteiger partial charge in [-0.05, 0) is 35.9 Å². The number of benzene rings is 2. The minimum Gasteiger partial charge on any atom is -0.452 e. The number of hydrogen-bond acceptors (Lipinski definition) is 3. The number of ether oxygens (including phenoxy) is 1. The summed E-state index contributed by atoms with van der Waals surface area (Å²) >= 11 is 11.7. The fourth-order valence-corrected chi connectivity index (χ4v) is 2.20. The molecule has 0 radical (unpaired) electrons. The van der Waals surface area contributed by atoms with Gasteiger partial charge in [-0.1, -0.05) is 41.4 Å². The monoisotopic (exact) mass is 367 g/mol. The third kappa shape index (κ3) is 5.37. The zero-order chi connectivity index (χ0) is 17.5. The van der Waals surface area contributed by atoms with Crippen LogP contribution in [0.1, 0.15) is 5.56 Å². The van der Waals surface area contributed by atoms with E-state index in [2.05, 4.69) is 5.32 Å². The van der Waals surface area contributed by atoms with Crippen molar-refractivity contribution in [3.63, 3.8) is 0 Å². The first-order valence-electron chi connectivity index (χ1n) is 6.80. The van der Waals surface area contributed by atoms with Crippen molar-refractivity contribution in [2.45, 2.75) is 0 Å². The molecule has 0 aliphatic heterocycles. The van der Waals surface area contributed by atoms with Crippen LogP contribution in [0.15, 0.2) is 48.5 Å². The second kappa shape index (κ2) is 8.47. The Labute approximate surface area is 147 Å². The Morgan fingerprint density at radius 3 is 2.62 bits per heavy atom. The van der Waals surface area contributed by atoms with Crippen molar-refractivity contribution in [3.8, 4) is 0 Å². The van der Waals surface area contributed by atoms with E-state index in [1.54, 1.807) is 18.2 Å². The van der Waals surface area contributed by atoms with E-state index < -0.39 is 24.3 Å². The lowest BCUT2D eigenvalue weighted by Crippen LogP contribution is -2.20. The molecule has 0 spiro atoms. The van der Waals surface area contributed by atoms with Gasteiger partial charge in [0.25, 0.3) is 5.91 Å². The first-order chi connectivity index (χ1) is 11.5. The van der Waals surface area contributed by atoms with E-state index in [1.807, 2.05) is 0 Å². The van der Waals surface area contributed by atoms with E-state index in [0.717, 1.165) is 6.08 Å². The van der Waals surface area contributed by atoms with Gasteiger partial charge in [0.2, 0.25) is 0 Å². The largest absolute Gasteiger partial charge is 0.452 e. The zero-order valence-electron chi connectivity index (χ0n) is 12.3. The summed E-state index contributed by atoms with van der Waals surface area (Å²) in [4.78, 5) is 23.2. The van der Waals surface area contributed by atoms with Crippen molar-refractivity contribution < 1.29 is 18.7 Å². The summed E-state index contributed by atoms with van der Waals surface area (Å²) in [5, 5.41) is 3.16. The highest BCUT2D eigenvalue weighted by Gasteiger charge is 2.08. The van der Waals surface area contributed by atoms with Crippen molar-refractivity contribution in [2.75, 3.05) is 11.9 Å². The van der Waals surface area contributed by atoms with Crippen LogP contribution in [0.4, 0.5) is 10.1 Å². The number of halogens is 3. The Kier molecular flexibility index (Phi) is 6.35. The minimum absolute atomic E-state index is 0.0158. The van der Waals surface area contributed by atoms with Gasteiger partial charge in [-0.25, -0.2) is 9.18 Å². The Morgan fingerprint density at radius 2 is 1.92 bits per heavy atom. The number of carbonyl (C=O) groups is 2. The normalized spacial score (nSPS) is 10.6. The predicted molar refractivity (Wildman–Crippen MR) is 91.5 cm³/mol. The Balaban J connectivity index is 1.85. The molecule has 0 atom stereocenters. The molecule has 0 fully saturated rings. The van der Waals surface area contributed by atoms with E-state index in [1.165, 1.54) is 30.3 Å². The van der Waals surface area contributed by atoms with Crippen LogP contribution >= 0.6 is 23.2 Å².